The first-order valence-electron chi connectivity index (χ1n) is 16.6. The number of allylic oxidation sites excluding steroid dienone is 1. The first-order chi connectivity index (χ1) is 22.9. The van der Waals surface area contributed by atoms with Gasteiger partial charge in [-0.25, -0.2) is 17.9 Å². The van der Waals surface area contributed by atoms with Gasteiger partial charge in [0.1, 0.15) is 17.0 Å². The maximum absolute atomic E-state index is 13.4. The van der Waals surface area contributed by atoms with Gasteiger partial charge in [-0.05, 0) is 101 Å². The molecule has 6 rings (SSSR count). The van der Waals surface area contributed by atoms with Crippen LogP contribution >= 0.6 is 0 Å². The van der Waals surface area contributed by atoms with Gasteiger partial charge < -0.3 is 14.0 Å². The van der Waals surface area contributed by atoms with Crippen molar-refractivity contribution in [1.82, 2.24) is 19.1 Å². The standard InChI is InChI=1S/C37H44N4O6S/c1-21(2)41-23(5)32(37(43)47-7)34(38-41)27-17-26-18-28(46-6)14-16-29(26)35-33(24-11-9-8-10-12-24)30-15-13-25(19-31(30)40(35)20-27)36(42)39-48(44,45)22(3)4/h13-19,21-22,24H,8-12,20H2,1-7H3,(H,39,42). The van der Waals surface area contributed by atoms with Gasteiger partial charge in [-0.1, -0.05) is 25.3 Å². The number of carbonyl (C=O) groups excluding carboxylic acids is 2. The summed E-state index contributed by atoms with van der Waals surface area (Å²) in [6, 6.07) is 11.5. The van der Waals surface area contributed by atoms with E-state index < -0.39 is 27.1 Å². The molecular weight excluding hydrogens is 628 g/mol. The summed E-state index contributed by atoms with van der Waals surface area (Å²) in [5.41, 5.74) is 7.74. The number of fused-ring (bicyclic) bond motifs is 5. The van der Waals surface area contributed by atoms with Crippen LogP contribution in [0.3, 0.4) is 0 Å². The summed E-state index contributed by atoms with van der Waals surface area (Å²) in [4.78, 5) is 26.7. The van der Waals surface area contributed by atoms with Gasteiger partial charge in [-0.15, -0.1) is 0 Å². The number of benzene rings is 2. The number of rotatable bonds is 8. The average molecular weight is 673 g/mol. The second-order valence-electron chi connectivity index (χ2n) is 13.4. The van der Waals surface area contributed by atoms with Crippen molar-refractivity contribution >= 4 is 44.5 Å². The molecule has 1 aliphatic carbocycles. The van der Waals surface area contributed by atoms with Crippen LogP contribution in [0.4, 0.5) is 0 Å². The topological polar surface area (TPSA) is 122 Å². The Morgan fingerprint density at radius 3 is 2.38 bits per heavy atom. The third-order valence-electron chi connectivity index (χ3n) is 9.74. The van der Waals surface area contributed by atoms with Crippen molar-refractivity contribution in [3.8, 4) is 17.0 Å². The fraction of sp³-hybridized carbons (Fsp3) is 0.432. The minimum absolute atomic E-state index is 0.00461. The van der Waals surface area contributed by atoms with Crippen molar-refractivity contribution in [3.63, 3.8) is 0 Å². The van der Waals surface area contributed by atoms with Crippen LogP contribution in [0.1, 0.15) is 115 Å². The number of ether oxygens (including phenoxy) is 2. The predicted octanol–water partition coefficient (Wildman–Crippen LogP) is 7.26. The van der Waals surface area contributed by atoms with Crippen LogP contribution in [0.5, 0.6) is 5.75 Å². The number of hydrogen-bond donors (Lipinski definition) is 1. The molecule has 2 aliphatic rings. The van der Waals surface area contributed by atoms with E-state index in [1.165, 1.54) is 32.9 Å². The Kier molecular flexibility index (Phi) is 9.02. The summed E-state index contributed by atoms with van der Waals surface area (Å²) < 4.78 is 42.5. The molecule has 2 aromatic heterocycles. The highest BCUT2D eigenvalue weighted by Gasteiger charge is 2.33. The summed E-state index contributed by atoms with van der Waals surface area (Å²) in [6.07, 6.45) is 7.66. The number of carbonyl (C=O) groups is 2. The van der Waals surface area contributed by atoms with E-state index in [0.29, 0.717) is 35.2 Å². The smallest absolute Gasteiger partial charge is 0.341 e. The lowest BCUT2D eigenvalue weighted by molar-refractivity contribution is 0.0599. The van der Waals surface area contributed by atoms with E-state index in [1.807, 2.05) is 43.7 Å². The molecule has 0 bridgehead atoms. The maximum Gasteiger partial charge on any atom is 0.341 e. The third-order valence-corrected chi connectivity index (χ3v) is 11.5. The summed E-state index contributed by atoms with van der Waals surface area (Å²) in [6.45, 7) is 9.34. The first-order valence-corrected chi connectivity index (χ1v) is 18.2. The van der Waals surface area contributed by atoms with Crippen molar-refractivity contribution in [3.05, 3.63) is 70.0 Å². The van der Waals surface area contributed by atoms with Crippen molar-refractivity contribution in [2.75, 3.05) is 14.2 Å². The molecule has 0 saturated heterocycles. The molecule has 1 amide bonds. The second-order valence-corrected chi connectivity index (χ2v) is 15.6. The summed E-state index contributed by atoms with van der Waals surface area (Å²) in [7, 11) is -0.815. The lowest BCUT2D eigenvalue weighted by atomic mass is 9.81. The van der Waals surface area contributed by atoms with E-state index >= 15 is 0 Å². The molecule has 2 aromatic carbocycles. The third kappa shape index (κ3) is 5.82. The molecular formula is C37H44N4O6S. The van der Waals surface area contributed by atoms with E-state index in [4.69, 9.17) is 14.6 Å². The van der Waals surface area contributed by atoms with Gasteiger partial charge in [0, 0.05) is 33.6 Å². The molecule has 0 atom stereocenters. The molecule has 1 aliphatic heterocycles. The normalized spacial score (nSPS) is 15.2. The van der Waals surface area contributed by atoms with Crippen LogP contribution < -0.4 is 9.46 Å². The molecule has 4 aromatic rings. The van der Waals surface area contributed by atoms with Gasteiger partial charge in [-0.3, -0.25) is 9.48 Å². The molecule has 1 N–H and O–H groups in total. The fourth-order valence-electron chi connectivity index (χ4n) is 7.23. The molecule has 1 fully saturated rings. The Labute approximate surface area is 282 Å². The number of hydrogen-bond acceptors (Lipinski definition) is 7. The van der Waals surface area contributed by atoms with Crippen LogP contribution in [0.15, 0.2) is 36.4 Å². The van der Waals surface area contributed by atoms with Crippen molar-refractivity contribution < 1.29 is 27.5 Å². The highest BCUT2D eigenvalue weighted by atomic mass is 32.2. The average Bonchev–Trinajstić information content (AvgIpc) is 3.52. The van der Waals surface area contributed by atoms with E-state index in [-0.39, 0.29) is 11.6 Å². The number of nitrogens with zero attached hydrogens (tertiary/aromatic N) is 3. The van der Waals surface area contributed by atoms with E-state index in [9.17, 15) is 18.0 Å². The molecule has 254 valence electrons. The molecule has 0 radical (unpaired) electrons. The van der Waals surface area contributed by atoms with Crippen molar-refractivity contribution in [2.45, 2.75) is 90.5 Å². The molecule has 3 heterocycles. The number of sulfonamides is 1. The maximum atomic E-state index is 13.4. The van der Waals surface area contributed by atoms with Gasteiger partial charge in [0.15, 0.2) is 0 Å². The monoisotopic (exact) mass is 672 g/mol. The van der Waals surface area contributed by atoms with Crippen LogP contribution in [0.2, 0.25) is 0 Å². The molecule has 10 nitrogen and oxygen atoms in total. The Bertz CT molecular complexity index is 2060. The minimum atomic E-state index is -3.83. The lowest BCUT2D eigenvalue weighted by Gasteiger charge is -2.24. The Hall–Kier alpha value is -4.38. The van der Waals surface area contributed by atoms with Crippen LogP contribution in [-0.2, 0) is 21.3 Å². The first kappa shape index (κ1) is 33.5. The zero-order valence-electron chi connectivity index (χ0n) is 28.7. The predicted molar refractivity (Wildman–Crippen MR) is 188 cm³/mol. The fourth-order valence-corrected chi connectivity index (χ4v) is 7.84. The Morgan fingerprint density at radius 2 is 1.73 bits per heavy atom. The second kappa shape index (κ2) is 12.9. The lowest BCUT2D eigenvalue weighted by Crippen LogP contribution is -2.35. The number of aromatic nitrogens is 3. The van der Waals surface area contributed by atoms with Crippen LogP contribution in [-0.4, -0.2) is 54.1 Å². The van der Waals surface area contributed by atoms with Gasteiger partial charge in [0.05, 0.1) is 37.4 Å². The van der Waals surface area contributed by atoms with Gasteiger partial charge in [0.2, 0.25) is 10.0 Å². The zero-order valence-corrected chi connectivity index (χ0v) is 29.5. The van der Waals surface area contributed by atoms with Crippen LogP contribution in [0, 0.1) is 6.92 Å². The number of amides is 1. The molecule has 0 spiro atoms. The number of esters is 1. The van der Waals surface area contributed by atoms with Crippen molar-refractivity contribution in [2.24, 2.45) is 0 Å². The number of methoxy groups -OCH3 is 2. The largest absolute Gasteiger partial charge is 0.497 e. The van der Waals surface area contributed by atoms with Gasteiger partial charge in [0.25, 0.3) is 5.91 Å². The van der Waals surface area contributed by atoms with E-state index in [1.54, 1.807) is 19.2 Å². The summed E-state index contributed by atoms with van der Waals surface area (Å²) >= 11 is 0. The SMILES string of the molecule is COC(=O)c1c(C2=Cc3cc(OC)ccc3-c3c(C4CCCCC4)c4ccc(C(=O)NS(=O)(=O)C(C)C)cc4n3C2)nn(C(C)C)c1C. The van der Waals surface area contributed by atoms with Crippen molar-refractivity contribution in [1.29, 1.82) is 0 Å². The summed E-state index contributed by atoms with van der Waals surface area (Å²) in [5.74, 6) is -0.121. The van der Waals surface area contributed by atoms with E-state index in [0.717, 1.165) is 59.0 Å². The Balaban J connectivity index is 1.65. The summed E-state index contributed by atoms with van der Waals surface area (Å²) in [5, 5.41) is 5.25. The van der Waals surface area contributed by atoms with Crippen LogP contribution in [0.25, 0.3) is 33.8 Å². The highest BCUT2D eigenvalue weighted by molar-refractivity contribution is 7.90. The zero-order chi connectivity index (χ0) is 34.5. The van der Waals surface area contributed by atoms with Gasteiger partial charge >= 0.3 is 5.97 Å². The van der Waals surface area contributed by atoms with E-state index in [2.05, 4.69) is 21.4 Å². The highest BCUT2D eigenvalue weighted by Crippen LogP contribution is 2.48. The minimum Gasteiger partial charge on any atom is -0.497 e. The molecule has 0 unspecified atom stereocenters. The Morgan fingerprint density at radius 1 is 1.00 bits per heavy atom. The number of nitrogens with one attached hydrogen (secondary N) is 1. The molecule has 11 heteroatoms. The quantitative estimate of drug-likeness (QED) is 0.196. The van der Waals surface area contributed by atoms with Gasteiger partial charge in [-0.2, -0.15) is 5.10 Å². The molecule has 1 saturated carbocycles. The molecule has 48 heavy (non-hydrogen) atoms.